The fourth-order valence-electron chi connectivity index (χ4n) is 3.14. The third-order valence-electron chi connectivity index (χ3n) is 4.67. The molecule has 4 aromatic rings. The SMILES string of the molecule is CNSc1cccc(Nc2cc(Nc3cccc(-c4ccc(N(C)C)nc4)c3)ncn2)c1. The molecule has 4 rings (SSSR count). The molecule has 7 nitrogen and oxygen atoms in total. The zero-order valence-corrected chi connectivity index (χ0v) is 19.0. The van der Waals surface area contributed by atoms with Crippen molar-refractivity contribution in [3.05, 3.63) is 79.3 Å². The third kappa shape index (κ3) is 5.54. The zero-order chi connectivity index (χ0) is 22.3. The first-order valence-corrected chi connectivity index (χ1v) is 11.0. The van der Waals surface area contributed by atoms with Gasteiger partial charge in [-0.25, -0.2) is 15.0 Å². The van der Waals surface area contributed by atoms with E-state index in [0.717, 1.165) is 33.2 Å². The van der Waals surface area contributed by atoms with Crippen LogP contribution >= 0.6 is 11.9 Å². The van der Waals surface area contributed by atoms with Crippen molar-refractivity contribution in [3.63, 3.8) is 0 Å². The van der Waals surface area contributed by atoms with E-state index in [9.17, 15) is 0 Å². The molecule has 0 aliphatic carbocycles. The first-order valence-electron chi connectivity index (χ1n) is 10.1. The van der Waals surface area contributed by atoms with Gasteiger partial charge in [-0.05, 0) is 67.0 Å². The van der Waals surface area contributed by atoms with Crippen molar-refractivity contribution in [2.75, 3.05) is 36.7 Å². The number of hydrogen-bond donors (Lipinski definition) is 3. The lowest BCUT2D eigenvalue weighted by Gasteiger charge is -2.12. The van der Waals surface area contributed by atoms with E-state index in [1.54, 1.807) is 18.3 Å². The molecule has 8 heteroatoms. The quantitative estimate of drug-likeness (QED) is 0.316. The molecule has 0 aliphatic rings. The summed E-state index contributed by atoms with van der Waals surface area (Å²) < 4.78 is 3.08. The number of benzene rings is 2. The molecule has 2 aromatic carbocycles. The molecule has 0 unspecified atom stereocenters. The lowest BCUT2D eigenvalue weighted by Crippen LogP contribution is -2.09. The van der Waals surface area contributed by atoms with E-state index in [1.165, 1.54) is 0 Å². The van der Waals surface area contributed by atoms with Gasteiger partial charge in [-0.3, -0.25) is 4.72 Å². The second-order valence-electron chi connectivity index (χ2n) is 7.25. The molecule has 0 fully saturated rings. The fourth-order valence-corrected chi connectivity index (χ4v) is 3.71. The van der Waals surface area contributed by atoms with E-state index < -0.39 is 0 Å². The minimum absolute atomic E-state index is 0.710. The molecule has 2 heterocycles. The number of aromatic nitrogens is 3. The van der Waals surface area contributed by atoms with E-state index >= 15 is 0 Å². The van der Waals surface area contributed by atoms with Gasteiger partial charge in [0.1, 0.15) is 23.8 Å². The molecule has 0 atom stereocenters. The summed E-state index contributed by atoms with van der Waals surface area (Å²) >= 11 is 1.56. The molecule has 32 heavy (non-hydrogen) atoms. The normalized spacial score (nSPS) is 10.6. The van der Waals surface area contributed by atoms with Crippen LogP contribution in [-0.4, -0.2) is 36.1 Å². The lowest BCUT2D eigenvalue weighted by atomic mass is 10.1. The van der Waals surface area contributed by atoms with Gasteiger partial charge in [0, 0.05) is 48.2 Å². The molecule has 0 amide bonds. The minimum Gasteiger partial charge on any atom is -0.363 e. The van der Waals surface area contributed by atoms with Crippen LogP contribution in [-0.2, 0) is 0 Å². The highest BCUT2D eigenvalue weighted by Gasteiger charge is 2.05. The summed E-state index contributed by atoms with van der Waals surface area (Å²) in [6, 6.07) is 22.3. The molecule has 0 spiro atoms. The summed E-state index contributed by atoms with van der Waals surface area (Å²) in [6.07, 6.45) is 3.44. The van der Waals surface area contributed by atoms with Crippen LogP contribution < -0.4 is 20.3 Å². The second-order valence-corrected chi connectivity index (χ2v) is 8.34. The van der Waals surface area contributed by atoms with Gasteiger partial charge in [-0.1, -0.05) is 18.2 Å². The summed E-state index contributed by atoms with van der Waals surface area (Å²) in [5.74, 6) is 2.36. The molecule has 0 aliphatic heterocycles. The van der Waals surface area contributed by atoms with Crippen LogP contribution in [0.2, 0.25) is 0 Å². The number of hydrogen-bond acceptors (Lipinski definition) is 8. The Bertz CT molecular complexity index is 1180. The molecule has 0 saturated heterocycles. The molecule has 2 aromatic heterocycles. The summed E-state index contributed by atoms with van der Waals surface area (Å²) in [6.45, 7) is 0. The first-order chi connectivity index (χ1) is 15.6. The van der Waals surface area contributed by atoms with Crippen molar-refractivity contribution in [3.8, 4) is 11.1 Å². The number of anilines is 5. The predicted molar refractivity (Wildman–Crippen MR) is 134 cm³/mol. The number of nitrogens with zero attached hydrogens (tertiary/aromatic N) is 4. The maximum Gasteiger partial charge on any atom is 0.135 e. The second kappa shape index (κ2) is 10.1. The van der Waals surface area contributed by atoms with Crippen LogP contribution in [0.3, 0.4) is 0 Å². The van der Waals surface area contributed by atoms with Crippen molar-refractivity contribution >= 4 is 40.8 Å². The van der Waals surface area contributed by atoms with Crippen LogP contribution in [0.25, 0.3) is 11.1 Å². The molecule has 0 bridgehead atoms. The van der Waals surface area contributed by atoms with Crippen molar-refractivity contribution in [1.29, 1.82) is 0 Å². The highest BCUT2D eigenvalue weighted by molar-refractivity contribution is 7.97. The molecule has 0 saturated carbocycles. The summed E-state index contributed by atoms with van der Waals surface area (Å²) in [7, 11) is 5.86. The monoisotopic (exact) mass is 443 g/mol. The Hall–Kier alpha value is -3.62. The number of pyridine rings is 1. The van der Waals surface area contributed by atoms with Gasteiger partial charge in [0.2, 0.25) is 0 Å². The van der Waals surface area contributed by atoms with Crippen molar-refractivity contribution < 1.29 is 0 Å². The van der Waals surface area contributed by atoms with Crippen LogP contribution in [0.5, 0.6) is 0 Å². The van der Waals surface area contributed by atoms with Crippen molar-refractivity contribution in [2.45, 2.75) is 4.90 Å². The molecular weight excluding hydrogens is 418 g/mol. The third-order valence-corrected chi connectivity index (χ3v) is 5.36. The number of nitrogens with one attached hydrogen (secondary N) is 3. The highest BCUT2D eigenvalue weighted by atomic mass is 32.2. The predicted octanol–water partition coefficient (Wildman–Crippen LogP) is 5.32. The van der Waals surface area contributed by atoms with Gasteiger partial charge in [-0.15, -0.1) is 0 Å². The standard InChI is InChI=1S/C24H25N7S/c1-25-32-21-9-5-8-20(13-21)30-23-14-22(27-16-28-23)29-19-7-4-6-17(12-19)18-10-11-24(26-15-18)31(2)3/h4-16,25H,1-3H3,(H2,27,28,29,30). The van der Waals surface area contributed by atoms with E-state index in [4.69, 9.17) is 0 Å². The van der Waals surface area contributed by atoms with Crippen molar-refractivity contribution in [2.24, 2.45) is 0 Å². The largest absolute Gasteiger partial charge is 0.363 e. The Labute approximate surface area is 192 Å². The van der Waals surface area contributed by atoms with Crippen LogP contribution in [0.4, 0.5) is 28.8 Å². The Kier molecular flexibility index (Phi) is 6.84. The van der Waals surface area contributed by atoms with E-state index in [2.05, 4.69) is 60.6 Å². The van der Waals surface area contributed by atoms with Crippen molar-refractivity contribution in [1.82, 2.24) is 19.7 Å². The fraction of sp³-hybridized carbons (Fsp3) is 0.125. The summed E-state index contributed by atoms with van der Waals surface area (Å²) in [4.78, 5) is 16.3. The Balaban J connectivity index is 1.49. The van der Waals surface area contributed by atoms with Gasteiger partial charge in [0.15, 0.2) is 0 Å². The van der Waals surface area contributed by atoms with Gasteiger partial charge in [0.25, 0.3) is 0 Å². The molecule has 162 valence electrons. The molecule has 0 radical (unpaired) electrons. The highest BCUT2D eigenvalue weighted by Crippen LogP contribution is 2.26. The van der Waals surface area contributed by atoms with E-state index in [0.29, 0.717) is 11.6 Å². The molecular formula is C24H25N7S. The Morgan fingerprint density at radius 1 is 0.750 bits per heavy atom. The van der Waals surface area contributed by atoms with Gasteiger partial charge in [0.05, 0.1) is 0 Å². The molecule has 3 N–H and O–H groups in total. The number of rotatable bonds is 8. The Morgan fingerprint density at radius 3 is 2.12 bits per heavy atom. The first kappa shape index (κ1) is 21.6. The lowest BCUT2D eigenvalue weighted by molar-refractivity contribution is 1.07. The summed E-state index contributed by atoms with van der Waals surface area (Å²) in [5, 5.41) is 6.70. The van der Waals surface area contributed by atoms with Gasteiger partial charge < -0.3 is 15.5 Å². The maximum absolute atomic E-state index is 4.51. The van der Waals surface area contributed by atoms with Crippen LogP contribution in [0.1, 0.15) is 0 Å². The smallest absolute Gasteiger partial charge is 0.135 e. The minimum atomic E-state index is 0.710. The zero-order valence-electron chi connectivity index (χ0n) is 18.2. The average Bonchev–Trinajstić information content (AvgIpc) is 2.80. The maximum atomic E-state index is 4.51. The average molecular weight is 444 g/mol. The van der Waals surface area contributed by atoms with Crippen LogP contribution in [0, 0.1) is 0 Å². The Morgan fingerprint density at radius 2 is 1.47 bits per heavy atom. The van der Waals surface area contributed by atoms with E-state index in [1.807, 2.05) is 68.6 Å². The van der Waals surface area contributed by atoms with Gasteiger partial charge >= 0.3 is 0 Å². The topological polar surface area (TPSA) is 78.0 Å². The van der Waals surface area contributed by atoms with E-state index in [-0.39, 0.29) is 0 Å². The van der Waals surface area contributed by atoms with Crippen LogP contribution in [0.15, 0.2) is 84.1 Å². The van der Waals surface area contributed by atoms with Gasteiger partial charge in [-0.2, -0.15) is 0 Å². The summed E-state index contributed by atoms with van der Waals surface area (Å²) in [5.41, 5.74) is 4.05.